The molecule has 138 valence electrons. The number of aromatic nitrogens is 1. The zero-order valence-electron chi connectivity index (χ0n) is 14.5. The Labute approximate surface area is 165 Å². The predicted octanol–water partition coefficient (Wildman–Crippen LogP) is 4.94. The molecule has 7 heteroatoms. The van der Waals surface area contributed by atoms with Crippen LogP contribution in [0.15, 0.2) is 69.9 Å². The van der Waals surface area contributed by atoms with Crippen molar-refractivity contribution in [2.75, 3.05) is 5.75 Å². The van der Waals surface area contributed by atoms with Crippen LogP contribution in [0.5, 0.6) is 0 Å². The molecule has 0 saturated carbocycles. The van der Waals surface area contributed by atoms with Crippen molar-refractivity contribution in [2.45, 2.75) is 18.8 Å². The summed E-state index contributed by atoms with van der Waals surface area (Å²) in [7, 11) is 0. The van der Waals surface area contributed by atoms with Gasteiger partial charge < -0.3 is 13.7 Å². The van der Waals surface area contributed by atoms with Gasteiger partial charge in [0.05, 0.1) is 41.6 Å². The summed E-state index contributed by atoms with van der Waals surface area (Å²) < 4.78 is 12.0. The van der Waals surface area contributed by atoms with Crippen LogP contribution in [0.2, 0.25) is 0 Å². The molecule has 0 N–H and O–H groups in total. The monoisotopic (exact) mass is 398 g/mol. The van der Waals surface area contributed by atoms with Crippen LogP contribution in [0.1, 0.15) is 16.5 Å². The van der Waals surface area contributed by atoms with E-state index in [1.807, 2.05) is 42.5 Å². The maximum absolute atomic E-state index is 12.8. The van der Waals surface area contributed by atoms with Gasteiger partial charge in [-0.05, 0) is 36.4 Å². The molecule has 4 aromatic rings. The number of thiazole rings is 1. The van der Waals surface area contributed by atoms with E-state index in [2.05, 4.69) is 11.1 Å². The molecule has 3 heterocycles. The number of carbonyl (C=O) groups excluding carboxylic acids is 1. The maximum Gasteiger partial charge on any atom is 0.233 e. The number of hydrogen-bond acceptors (Lipinski definition) is 6. The molecule has 0 spiro atoms. The first-order valence-electron chi connectivity index (χ1n) is 8.52. The van der Waals surface area contributed by atoms with E-state index in [9.17, 15) is 4.79 Å². The third kappa shape index (κ3) is 4.61. The second kappa shape index (κ2) is 8.45. The molecule has 1 amide bonds. The standard InChI is InChI=1S/C20H18N2O3S2/c23-20(14-26-13-19-21-17-7-1-2-8-18(17)27-19)22(11-15-5-3-9-24-15)12-16-6-4-10-25-16/h1-10H,11-14H2. The largest absolute Gasteiger partial charge is 0.467 e. The van der Waals surface area contributed by atoms with Crippen LogP contribution < -0.4 is 0 Å². The van der Waals surface area contributed by atoms with Crippen LogP contribution in [0.4, 0.5) is 0 Å². The first-order chi connectivity index (χ1) is 13.3. The summed E-state index contributed by atoms with van der Waals surface area (Å²) in [5.74, 6) is 2.67. The van der Waals surface area contributed by atoms with Crippen molar-refractivity contribution in [3.05, 3.63) is 77.6 Å². The topological polar surface area (TPSA) is 59.5 Å². The van der Waals surface area contributed by atoms with Gasteiger partial charge in [0.15, 0.2) is 0 Å². The minimum absolute atomic E-state index is 0.0499. The van der Waals surface area contributed by atoms with Crippen molar-refractivity contribution in [1.82, 2.24) is 9.88 Å². The number of para-hydroxylation sites is 1. The summed E-state index contributed by atoms with van der Waals surface area (Å²) in [6, 6.07) is 15.5. The summed E-state index contributed by atoms with van der Waals surface area (Å²) in [5, 5.41) is 1.04. The van der Waals surface area contributed by atoms with E-state index in [0.29, 0.717) is 18.8 Å². The quantitative estimate of drug-likeness (QED) is 0.420. The van der Waals surface area contributed by atoms with Crippen LogP contribution >= 0.6 is 23.1 Å². The molecule has 0 radical (unpaired) electrons. The molecular weight excluding hydrogens is 380 g/mol. The third-order valence-electron chi connectivity index (χ3n) is 4.00. The second-order valence-electron chi connectivity index (χ2n) is 5.98. The zero-order valence-corrected chi connectivity index (χ0v) is 16.2. The lowest BCUT2D eigenvalue weighted by molar-refractivity contribution is -0.130. The molecule has 0 bridgehead atoms. The smallest absolute Gasteiger partial charge is 0.233 e. The van der Waals surface area contributed by atoms with E-state index in [-0.39, 0.29) is 5.91 Å². The van der Waals surface area contributed by atoms with Gasteiger partial charge >= 0.3 is 0 Å². The number of amides is 1. The summed E-state index contributed by atoms with van der Waals surface area (Å²) in [4.78, 5) is 19.1. The zero-order chi connectivity index (χ0) is 18.5. The van der Waals surface area contributed by atoms with Gasteiger partial charge in [0.2, 0.25) is 5.91 Å². The highest BCUT2D eigenvalue weighted by atomic mass is 32.2. The molecule has 5 nitrogen and oxygen atoms in total. The van der Waals surface area contributed by atoms with Crippen LogP contribution in [0, 0.1) is 0 Å². The number of furan rings is 2. The van der Waals surface area contributed by atoms with Gasteiger partial charge in [0.1, 0.15) is 16.5 Å². The molecule has 0 aliphatic carbocycles. The average Bonchev–Trinajstić information content (AvgIpc) is 3.42. The van der Waals surface area contributed by atoms with Crippen LogP contribution in [0.3, 0.4) is 0 Å². The van der Waals surface area contributed by atoms with E-state index in [0.717, 1.165) is 27.8 Å². The van der Waals surface area contributed by atoms with Crippen molar-refractivity contribution in [2.24, 2.45) is 0 Å². The molecule has 0 saturated heterocycles. The molecule has 1 aromatic carbocycles. The fraction of sp³-hybridized carbons (Fsp3) is 0.200. The van der Waals surface area contributed by atoms with Crippen LogP contribution in [0.25, 0.3) is 10.2 Å². The lowest BCUT2D eigenvalue weighted by Gasteiger charge is -2.20. The Morgan fingerprint density at radius 2 is 1.70 bits per heavy atom. The first kappa shape index (κ1) is 17.9. The fourth-order valence-electron chi connectivity index (χ4n) is 2.71. The Balaban J connectivity index is 1.36. The van der Waals surface area contributed by atoms with E-state index < -0.39 is 0 Å². The number of rotatable bonds is 8. The minimum Gasteiger partial charge on any atom is -0.467 e. The number of thioether (sulfide) groups is 1. The molecule has 0 fully saturated rings. The second-order valence-corrected chi connectivity index (χ2v) is 8.08. The maximum atomic E-state index is 12.8. The van der Waals surface area contributed by atoms with Crippen LogP contribution in [-0.4, -0.2) is 21.5 Å². The van der Waals surface area contributed by atoms with Gasteiger partial charge in [-0.25, -0.2) is 4.98 Å². The van der Waals surface area contributed by atoms with E-state index in [4.69, 9.17) is 8.83 Å². The number of carbonyl (C=O) groups is 1. The Morgan fingerprint density at radius 3 is 2.33 bits per heavy atom. The number of nitrogens with zero attached hydrogens (tertiary/aromatic N) is 2. The number of benzene rings is 1. The van der Waals surface area contributed by atoms with Crippen molar-refractivity contribution in [1.29, 1.82) is 0 Å². The highest BCUT2D eigenvalue weighted by molar-refractivity contribution is 7.99. The SMILES string of the molecule is O=C(CSCc1nc2ccccc2s1)N(Cc1ccco1)Cc1ccco1. The fourth-order valence-corrected chi connectivity index (χ4v) is 4.66. The van der Waals surface area contributed by atoms with Gasteiger partial charge in [0.25, 0.3) is 0 Å². The lowest BCUT2D eigenvalue weighted by Crippen LogP contribution is -2.31. The van der Waals surface area contributed by atoms with E-state index >= 15 is 0 Å². The summed E-state index contributed by atoms with van der Waals surface area (Å²) >= 11 is 3.26. The van der Waals surface area contributed by atoms with Gasteiger partial charge in [-0.2, -0.15) is 0 Å². The normalized spacial score (nSPS) is 11.1. The Bertz CT molecular complexity index is 924. The van der Waals surface area contributed by atoms with Crippen LogP contribution in [-0.2, 0) is 23.6 Å². The van der Waals surface area contributed by atoms with E-state index in [1.165, 1.54) is 4.70 Å². The highest BCUT2D eigenvalue weighted by Gasteiger charge is 2.17. The van der Waals surface area contributed by atoms with Crippen molar-refractivity contribution < 1.29 is 13.6 Å². The highest BCUT2D eigenvalue weighted by Crippen LogP contribution is 2.25. The van der Waals surface area contributed by atoms with Crippen molar-refractivity contribution >= 4 is 39.2 Å². The van der Waals surface area contributed by atoms with Gasteiger partial charge in [-0.15, -0.1) is 23.1 Å². The Kier molecular flexibility index (Phi) is 5.60. The molecule has 3 aromatic heterocycles. The van der Waals surface area contributed by atoms with Gasteiger partial charge in [-0.1, -0.05) is 12.1 Å². The van der Waals surface area contributed by atoms with Crippen molar-refractivity contribution in [3.63, 3.8) is 0 Å². The lowest BCUT2D eigenvalue weighted by atomic mass is 10.3. The summed E-state index contributed by atoms with van der Waals surface area (Å²) in [5.41, 5.74) is 1.02. The molecule has 0 aliphatic rings. The average molecular weight is 399 g/mol. The summed E-state index contributed by atoms with van der Waals surface area (Å²) in [6.07, 6.45) is 3.24. The summed E-state index contributed by atoms with van der Waals surface area (Å²) in [6.45, 7) is 0.850. The molecule has 4 rings (SSSR count). The number of fused-ring (bicyclic) bond motifs is 1. The van der Waals surface area contributed by atoms with Gasteiger partial charge in [-0.3, -0.25) is 4.79 Å². The first-order valence-corrected chi connectivity index (χ1v) is 10.5. The molecular formula is C20H18N2O3S2. The molecule has 0 unspecified atom stereocenters. The Morgan fingerprint density at radius 1 is 1.00 bits per heavy atom. The number of hydrogen-bond donors (Lipinski definition) is 0. The molecule has 27 heavy (non-hydrogen) atoms. The molecule has 0 aliphatic heterocycles. The van der Waals surface area contributed by atoms with Crippen molar-refractivity contribution in [3.8, 4) is 0 Å². The Hall–Kier alpha value is -2.51. The third-order valence-corrected chi connectivity index (χ3v) is 6.14. The predicted molar refractivity (Wildman–Crippen MR) is 107 cm³/mol. The molecule has 0 atom stereocenters. The van der Waals surface area contributed by atoms with Gasteiger partial charge in [0, 0.05) is 5.75 Å². The minimum atomic E-state index is 0.0499. The van der Waals surface area contributed by atoms with E-state index in [1.54, 1.807) is 40.5 Å².